The summed E-state index contributed by atoms with van der Waals surface area (Å²) in [5.74, 6) is -0.956. The van der Waals surface area contributed by atoms with Gasteiger partial charge < -0.3 is 14.8 Å². The van der Waals surface area contributed by atoms with Gasteiger partial charge in [-0.1, -0.05) is 18.2 Å². The molecule has 40 heavy (non-hydrogen) atoms. The summed E-state index contributed by atoms with van der Waals surface area (Å²) < 4.78 is 50.9. The predicted octanol–water partition coefficient (Wildman–Crippen LogP) is 7.39. The summed E-state index contributed by atoms with van der Waals surface area (Å²) in [7, 11) is 0. The first-order chi connectivity index (χ1) is 19.0. The van der Waals surface area contributed by atoms with Crippen LogP contribution in [0, 0.1) is 28.4 Å². The number of carbonyl (C=O) groups excluding carboxylic acids is 1. The molecule has 0 unspecified atom stereocenters. The normalized spacial score (nSPS) is 11.3. The van der Waals surface area contributed by atoms with Crippen molar-refractivity contribution in [3.8, 4) is 23.3 Å². The van der Waals surface area contributed by atoms with Gasteiger partial charge in [0, 0.05) is 17.3 Å². The summed E-state index contributed by atoms with van der Waals surface area (Å²) in [6, 6.07) is 13.9. The maximum absolute atomic E-state index is 13.1. The first-order valence-corrected chi connectivity index (χ1v) is 11.9. The third-order valence-corrected chi connectivity index (χ3v) is 5.47. The van der Waals surface area contributed by atoms with Crippen molar-refractivity contribution in [1.82, 2.24) is 0 Å². The highest BCUT2D eigenvalue weighted by Gasteiger charge is 2.33. The molecule has 0 radical (unpaired) electrons. The molecule has 0 saturated heterocycles. The molecular weight excluding hydrogens is 527 g/mol. The smallest absolute Gasteiger partial charge is 0.416 e. The third-order valence-electron chi connectivity index (χ3n) is 5.47. The minimum atomic E-state index is -4.79. The van der Waals surface area contributed by atoms with E-state index in [-0.39, 0.29) is 30.1 Å². The SMILES string of the molecule is C=CCc1cc(/C=C(\C#N)C(=O)Nc2cccc(C)c2)cc(OCC)c1Oc1ccc(C(F)(F)F)cc1[N+](=O)[O-]. The van der Waals surface area contributed by atoms with Gasteiger partial charge in [-0.25, -0.2) is 0 Å². The predicted molar refractivity (Wildman–Crippen MR) is 143 cm³/mol. The number of alkyl halides is 3. The molecule has 11 heteroatoms. The van der Waals surface area contributed by atoms with Gasteiger partial charge in [0.15, 0.2) is 11.5 Å². The number of anilines is 1. The van der Waals surface area contributed by atoms with Gasteiger partial charge >= 0.3 is 11.9 Å². The molecular formula is C29H24F3N3O5. The Morgan fingerprint density at radius 3 is 2.52 bits per heavy atom. The number of nitriles is 1. The summed E-state index contributed by atoms with van der Waals surface area (Å²) in [6.07, 6.45) is -1.76. The van der Waals surface area contributed by atoms with Crippen LogP contribution in [0.15, 0.2) is 72.8 Å². The van der Waals surface area contributed by atoms with Crippen LogP contribution in [-0.4, -0.2) is 17.4 Å². The number of nitrogens with one attached hydrogen (secondary N) is 1. The minimum Gasteiger partial charge on any atom is -0.490 e. The highest BCUT2D eigenvalue weighted by Crippen LogP contribution is 2.42. The Kier molecular flexibility index (Phi) is 9.29. The molecule has 3 aromatic carbocycles. The number of allylic oxidation sites excluding steroid dienone is 1. The molecule has 1 N–H and O–H groups in total. The second-order valence-electron chi connectivity index (χ2n) is 8.47. The highest BCUT2D eigenvalue weighted by molar-refractivity contribution is 6.09. The molecule has 3 aromatic rings. The third kappa shape index (κ3) is 7.26. The number of ether oxygens (including phenoxy) is 2. The molecule has 8 nitrogen and oxygen atoms in total. The zero-order valence-corrected chi connectivity index (χ0v) is 21.5. The van der Waals surface area contributed by atoms with Crippen molar-refractivity contribution in [2.45, 2.75) is 26.4 Å². The van der Waals surface area contributed by atoms with Gasteiger partial charge in [0.05, 0.1) is 17.1 Å². The van der Waals surface area contributed by atoms with E-state index in [0.29, 0.717) is 28.9 Å². The standard InChI is InChI=1S/C29H24F3N3O5/c1-4-7-20-13-19(14-21(17-33)28(36)34-23-9-6-8-18(3)12-23)15-26(39-5-2)27(20)40-25-11-10-22(29(30,31)32)16-24(25)35(37)38/h4,6,8-16H,1,5,7H2,2-3H3,(H,34,36)/b21-14+. The molecule has 0 aliphatic heterocycles. The van der Waals surface area contributed by atoms with Crippen LogP contribution in [0.2, 0.25) is 0 Å². The van der Waals surface area contributed by atoms with Crippen LogP contribution in [0.1, 0.15) is 29.2 Å². The molecule has 0 atom stereocenters. The van der Waals surface area contributed by atoms with Crippen LogP contribution >= 0.6 is 0 Å². The van der Waals surface area contributed by atoms with E-state index < -0.39 is 34.0 Å². The van der Waals surface area contributed by atoms with Gasteiger partial charge in [-0.3, -0.25) is 14.9 Å². The zero-order chi connectivity index (χ0) is 29.4. The fourth-order valence-corrected chi connectivity index (χ4v) is 3.72. The Bertz CT molecular complexity index is 1520. The van der Waals surface area contributed by atoms with E-state index in [2.05, 4.69) is 11.9 Å². The number of nitrogens with zero attached hydrogens (tertiary/aromatic N) is 2. The van der Waals surface area contributed by atoms with E-state index in [0.717, 1.165) is 11.6 Å². The lowest BCUT2D eigenvalue weighted by molar-refractivity contribution is -0.385. The van der Waals surface area contributed by atoms with Gasteiger partial charge in [0.2, 0.25) is 5.75 Å². The average molecular weight is 552 g/mol. The van der Waals surface area contributed by atoms with Crippen molar-refractivity contribution >= 4 is 23.4 Å². The number of rotatable bonds is 10. The van der Waals surface area contributed by atoms with Gasteiger partial charge in [-0.05, 0) is 73.9 Å². The van der Waals surface area contributed by atoms with Crippen LogP contribution < -0.4 is 14.8 Å². The van der Waals surface area contributed by atoms with Crippen LogP contribution in [-0.2, 0) is 17.4 Å². The number of nitro groups is 1. The molecule has 0 bridgehead atoms. The van der Waals surface area contributed by atoms with E-state index in [1.54, 1.807) is 31.2 Å². The Morgan fingerprint density at radius 1 is 1.18 bits per heavy atom. The topological polar surface area (TPSA) is 114 Å². The Hall–Kier alpha value is -5.11. The molecule has 3 rings (SSSR count). The molecule has 0 spiro atoms. The summed E-state index contributed by atoms with van der Waals surface area (Å²) in [5, 5.41) is 23.9. The fraction of sp³-hybridized carbons (Fsp3) is 0.172. The van der Waals surface area contributed by atoms with E-state index >= 15 is 0 Å². The van der Waals surface area contributed by atoms with Crippen LogP contribution in [0.25, 0.3) is 6.08 Å². The molecule has 0 aliphatic rings. The summed E-state index contributed by atoms with van der Waals surface area (Å²) >= 11 is 0. The Morgan fingerprint density at radius 2 is 1.93 bits per heavy atom. The number of halogens is 3. The van der Waals surface area contributed by atoms with Crippen molar-refractivity contribution in [2.75, 3.05) is 11.9 Å². The Labute approximate surface area is 228 Å². The second-order valence-corrected chi connectivity index (χ2v) is 8.47. The fourth-order valence-electron chi connectivity index (χ4n) is 3.72. The summed E-state index contributed by atoms with van der Waals surface area (Å²) in [5.41, 5.74) is -0.0828. The molecule has 0 aliphatic carbocycles. The zero-order valence-electron chi connectivity index (χ0n) is 21.5. The molecule has 0 heterocycles. The maximum Gasteiger partial charge on any atom is 0.416 e. The number of nitro benzene ring substituents is 1. The van der Waals surface area contributed by atoms with Crippen molar-refractivity contribution in [3.05, 3.63) is 105 Å². The molecule has 0 fully saturated rings. The van der Waals surface area contributed by atoms with Crippen LogP contribution in [0.5, 0.6) is 17.2 Å². The molecule has 206 valence electrons. The average Bonchev–Trinajstić information content (AvgIpc) is 2.88. The number of hydrogen-bond acceptors (Lipinski definition) is 6. The minimum absolute atomic E-state index is 0.0180. The lowest BCUT2D eigenvalue weighted by atomic mass is 10.0. The largest absolute Gasteiger partial charge is 0.490 e. The van der Waals surface area contributed by atoms with Gasteiger partial charge in [0.25, 0.3) is 5.91 Å². The number of aryl methyl sites for hydroxylation is 1. The number of benzene rings is 3. The highest BCUT2D eigenvalue weighted by atomic mass is 19.4. The number of carbonyl (C=O) groups is 1. The van der Waals surface area contributed by atoms with E-state index in [1.165, 1.54) is 18.2 Å². The molecule has 1 amide bonds. The lowest BCUT2D eigenvalue weighted by Gasteiger charge is -2.17. The number of amides is 1. The van der Waals surface area contributed by atoms with Crippen molar-refractivity contribution in [3.63, 3.8) is 0 Å². The lowest BCUT2D eigenvalue weighted by Crippen LogP contribution is -2.13. The van der Waals surface area contributed by atoms with Crippen molar-refractivity contribution in [1.29, 1.82) is 5.26 Å². The summed E-state index contributed by atoms with van der Waals surface area (Å²) in [6.45, 7) is 7.37. The van der Waals surface area contributed by atoms with Gasteiger partial charge in [-0.2, -0.15) is 18.4 Å². The van der Waals surface area contributed by atoms with Gasteiger partial charge in [-0.15, -0.1) is 6.58 Å². The molecule has 0 saturated carbocycles. The van der Waals surface area contributed by atoms with E-state index in [9.17, 15) is 33.3 Å². The Balaban J connectivity index is 2.07. The first kappa shape index (κ1) is 29.4. The second kappa shape index (κ2) is 12.6. The van der Waals surface area contributed by atoms with Gasteiger partial charge in [0.1, 0.15) is 11.6 Å². The van der Waals surface area contributed by atoms with Crippen molar-refractivity contribution in [2.24, 2.45) is 0 Å². The summed E-state index contributed by atoms with van der Waals surface area (Å²) in [4.78, 5) is 23.4. The monoisotopic (exact) mass is 551 g/mol. The molecule has 0 aromatic heterocycles. The first-order valence-electron chi connectivity index (χ1n) is 11.9. The van der Waals surface area contributed by atoms with Crippen molar-refractivity contribution < 1.29 is 32.4 Å². The van der Waals surface area contributed by atoms with Crippen LogP contribution in [0.3, 0.4) is 0 Å². The van der Waals surface area contributed by atoms with E-state index in [4.69, 9.17) is 9.47 Å². The van der Waals surface area contributed by atoms with Crippen LogP contribution in [0.4, 0.5) is 24.5 Å². The quantitative estimate of drug-likeness (QED) is 0.0924. The number of hydrogen-bond donors (Lipinski definition) is 1. The maximum atomic E-state index is 13.1. The van der Waals surface area contributed by atoms with E-state index in [1.807, 2.05) is 19.1 Å².